The zero-order valence-corrected chi connectivity index (χ0v) is 14.0. The standard InChI is InChI=1S/C12H21FNO4P.C2H6/c1-9(15,16)12(19)10(2-3-10)4-5-14(12)11(17,18)7-6-8(7)13;1-2/h7-8,15-18H,2-6,19H2,1H3;1-2H3/t7?,8?,12-;/m1./s1. The molecule has 0 aromatic rings. The SMILES string of the molecule is CC.CC(O)(O)[C@]1(P)N(C(O)(O)C2CC2F)CCC12CC2. The third-order valence-electron chi connectivity index (χ3n) is 5.23. The van der Waals surface area contributed by atoms with E-state index in [1.807, 2.05) is 13.8 Å². The van der Waals surface area contributed by atoms with Crippen LogP contribution in [0.5, 0.6) is 0 Å². The van der Waals surface area contributed by atoms with Gasteiger partial charge in [-0.05, 0) is 38.0 Å². The molecule has 21 heavy (non-hydrogen) atoms. The second-order valence-electron chi connectivity index (χ2n) is 6.51. The van der Waals surface area contributed by atoms with Crippen LogP contribution >= 0.6 is 9.24 Å². The Kier molecular flexibility index (Phi) is 4.24. The van der Waals surface area contributed by atoms with Crippen LogP contribution in [0.4, 0.5) is 4.39 Å². The van der Waals surface area contributed by atoms with E-state index in [9.17, 15) is 24.8 Å². The number of aliphatic hydroxyl groups is 4. The van der Waals surface area contributed by atoms with Crippen LogP contribution in [0.25, 0.3) is 0 Å². The Labute approximate surface area is 127 Å². The molecule has 3 unspecified atom stereocenters. The van der Waals surface area contributed by atoms with Gasteiger partial charge in [0, 0.05) is 6.54 Å². The lowest BCUT2D eigenvalue weighted by molar-refractivity contribution is -0.327. The molecule has 4 atom stereocenters. The van der Waals surface area contributed by atoms with Crippen LogP contribution in [-0.2, 0) is 0 Å². The summed E-state index contributed by atoms with van der Waals surface area (Å²) in [7, 11) is 2.40. The van der Waals surface area contributed by atoms with Crippen LogP contribution in [0.15, 0.2) is 0 Å². The molecular formula is C14H27FNO4P. The molecule has 2 aliphatic carbocycles. The lowest BCUT2D eigenvalue weighted by Crippen LogP contribution is -2.67. The van der Waals surface area contributed by atoms with Crippen molar-refractivity contribution in [3.8, 4) is 0 Å². The lowest BCUT2D eigenvalue weighted by atomic mass is 9.89. The van der Waals surface area contributed by atoms with E-state index < -0.39 is 29.1 Å². The van der Waals surface area contributed by atoms with Gasteiger partial charge in [0.05, 0.1) is 11.2 Å². The summed E-state index contributed by atoms with van der Waals surface area (Å²) in [6.45, 7) is 5.56. The van der Waals surface area contributed by atoms with Gasteiger partial charge in [-0.1, -0.05) is 13.8 Å². The van der Waals surface area contributed by atoms with Gasteiger partial charge in [-0.2, -0.15) is 0 Å². The fraction of sp³-hybridized carbons (Fsp3) is 1.00. The van der Waals surface area contributed by atoms with Gasteiger partial charge in [0.15, 0.2) is 5.79 Å². The van der Waals surface area contributed by atoms with Gasteiger partial charge >= 0.3 is 0 Å². The highest BCUT2D eigenvalue weighted by atomic mass is 31.0. The van der Waals surface area contributed by atoms with Gasteiger partial charge in [0.1, 0.15) is 6.17 Å². The molecule has 1 saturated heterocycles. The summed E-state index contributed by atoms with van der Waals surface area (Å²) in [5.74, 6) is -5.31. The molecule has 0 radical (unpaired) electrons. The van der Waals surface area contributed by atoms with Gasteiger partial charge < -0.3 is 20.4 Å². The number of rotatable bonds is 3. The van der Waals surface area contributed by atoms with Crippen LogP contribution in [-0.4, -0.2) is 55.0 Å². The molecule has 7 heteroatoms. The molecule has 1 spiro atoms. The molecule has 0 aromatic carbocycles. The predicted molar refractivity (Wildman–Crippen MR) is 79.8 cm³/mol. The Bertz CT molecular complexity index is 410. The summed E-state index contributed by atoms with van der Waals surface area (Å²) in [5.41, 5.74) is -0.340. The molecule has 3 aliphatic rings. The molecule has 0 bridgehead atoms. The highest BCUT2D eigenvalue weighted by molar-refractivity contribution is 7.19. The van der Waals surface area contributed by atoms with Crippen molar-refractivity contribution >= 4 is 9.24 Å². The minimum Gasteiger partial charge on any atom is -0.364 e. The maximum absolute atomic E-state index is 13.2. The summed E-state index contributed by atoms with van der Waals surface area (Å²) in [5, 5.41) is 39.6. The highest BCUT2D eigenvalue weighted by Gasteiger charge is 2.74. The zero-order valence-electron chi connectivity index (χ0n) is 12.9. The normalized spacial score (nSPS) is 38.1. The van der Waals surface area contributed by atoms with Gasteiger partial charge in [0.25, 0.3) is 0 Å². The van der Waals surface area contributed by atoms with E-state index in [2.05, 4.69) is 9.24 Å². The molecule has 3 fully saturated rings. The average Bonchev–Trinajstić information content (AvgIpc) is 3.25. The minimum absolute atomic E-state index is 0.102. The number of likely N-dealkylation sites (tertiary alicyclic amines) is 1. The lowest BCUT2D eigenvalue weighted by Gasteiger charge is -2.50. The number of hydrogen-bond donors (Lipinski definition) is 4. The first-order valence-electron chi connectivity index (χ1n) is 7.66. The number of hydrogen-bond acceptors (Lipinski definition) is 5. The number of nitrogens with zero attached hydrogens (tertiary/aromatic N) is 1. The Morgan fingerprint density at radius 3 is 1.95 bits per heavy atom. The molecule has 2 saturated carbocycles. The summed E-state index contributed by atoms with van der Waals surface area (Å²) in [6.07, 6.45) is 1.14. The van der Waals surface area contributed by atoms with E-state index >= 15 is 0 Å². The van der Waals surface area contributed by atoms with Gasteiger partial charge in [-0.15, -0.1) is 9.24 Å². The first kappa shape index (κ1) is 17.5. The van der Waals surface area contributed by atoms with Crippen molar-refractivity contribution in [2.45, 2.75) is 69.6 Å². The van der Waals surface area contributed by atoms with Crippen LogP contribution in [0.2, 0.25) is 0 Å². The molecule has 5 nitrogen and oxygen atoms in total. The summed E-state index contributed by atoms with van der Waals surface area (Å²) >= 11 is 0. The van der Waals surface area contributed by atoms with Crippen molar-refractivity contribution in [3.63, 3.8) is 0 Å². The van der Waals surface area contributed by atoms with E-state index in [1.165, 1.54) is 11.8 Å². The van der Waals surface area contributed by atoms with Gasteiger partial charge in [0.2, 0.25) is 5.91 Å². The topological polar surface area (TPSA) is 84.2 Å². The summed E-state index contributed by atoms with van der Waals surface area (Å²) in [6, 6.07) is 0. The monoisotopic (exact) mass is 323 g/mol. The third kappa shape index (κ3) is 2.35. The van der Waals surface area contributed by atoms with Crippen molar-refractivity contribution in [1.82, 2.24) is 4.90 Å². The third-order valence-corrected chi connectivity index (χ3v) is 6.70. The quantitative estimate of drug-likeness (QED) is 0.455. The van der Waals surface area contributed by atoms with Crippen molar-refractivity contribution in [3.05, 3.63) is 0 Å². The summed E-state index contributed by atoms with van der Waals surface area (Å²) < 4.78 is 13.2. The second kappa shape index (κ2) is 5.08. The summed E-state index contributed by atoms with van der Waals surface area (Å²) in [4.78, 5) is 1.27. The predicted octanol–water partition coefficient (Wildman–Crippen LogP) is 0.767. The van der Waals surface area contributed by atoms with Crippen LogP contribution < -0.4 is 0 Å². The van der Waals surface area contributed by atoms with E-state index in [4.69, 9.17) is 0 Å². The van der Waals surface area contributed by atoms with Crippen LogP contribution in [0, 0.1) is 11.3 Å². The molecule has 3 rings (SSSR count). The zero-order chi connectivity index (χ0) is 16.3. The van der Waals surface area contributed by atoms with E-state index in [-0.39, 0.29) is 11.8 Å². The Hall–Kier alpha value is 0.160. The molecule has 4 N–H and O–H groups in total. The largest absolute Gasteiger partial charge is 0.364 e. The molecule has 124 valence electrons. The Balaban J connectivity index is 0.000000774. The van der Waals surface area contributed by atoms with Crippen LogP contribution in [0.1, 0.15) is 46.5 Å². The molecule has 1 aliphatic heterocycles. The van der Waals surface area contributed by atoms with E-state index in [0.29, 0.717) is 13.0 Å². The van der Waals surface area contributed by atoms with Crippen LogP contribution in [0.3, 0.4) is 0 Å². The first-order valence-corrected chi connectivity index (χ1v) is 8.24. The van der Waals surface area contributed by atoms with Gasteiger partial charge in [-0.25, -0.2) is 9.29 Å². The Morgan fingerprint density at radius 2 is 1.62 bits per heavy atom. The molecule has 0 aromatic heterocycles. The first-order chi connectivity index (χ1) is 9.56. The van der Waals surface area contributed by atoms with Crippen molar-refractivity contribution < 1.29 is 24.8 Å². The van der Waals surface area contributed by atoms with E-state index in [1.54, 1.807) is 0 Å². The van der Waals surface area contributed by atoms with Crippen molar-refractivity contribution in [2.24, 2.45) is 11.3 Å². The molecule has 0 amide bonds. The maximum atomic E-state index is 13.2. The second-order valence-corrected chi connectivity index (χ2v) is 7.35. The fourth-order valence-corrected chi connectivity index (χ4v) is 4.46. The number of alkyl halides is 1. The van der Waals surface area contributed by atoms with Crippen molar-refractivity contribution in [2.75, 3.05) is 6.54 Å². The Morgan fingerprint density at radius 1 is 1.14 bits per heavy atom. The van der Waals surface area contributed by atoms with Gasteiger partial charge in [-0.3, -0.25) is 0 Å². The number of halogens is 1. The minimum atomic E-state index is -2.33. The maximum Gasteiger partial charge on any atom is 0.231 e. The molecular weight excluding hydrogens is 296 g/mol. The van der Waals surface area contributed by atoms with Crippen molar-refractivity contribution in [1.29, 1.82) is 0 Å². The average molecular weight is 323 g/mol. The fourth-order valence-electron chi connectivity index (χ4n) is 3.71. The smallest absolute Gasteiger partial charge is 0.231 e. The van der Waals surface area contributed by atoms with E-state index in [0.717, 1.165) is 12.8 Å². The highest BCUT2D eigenvalue weighted by Crippen LogP contribution is 2.69. The molecule has 1 heterocycles.